The standard InChI is InChI=1S/C14H15BrF3NO2/c1-2-5-13(21)7-19(8-13)12(20)10-6-9(14(16,17)18)3-4-11(10)15/h3-4,6,21H,2,5,7-8H2,1H3. The number of benzene rings is 1. The summed E-state index contributed by atoms with van der Waals surface area (Å²) in [5, 5.41) is 10.0. The van der Waals surface area contributed by atoms with Gasteiger partial charge < -0.3 is 10.0 Å². The summed E-state index contributed by atoms with van der Waals surface area (Å²) in [5.74, 6) is -0.506. The number of hydrogen-bond acceptors (Lipinski definition) is 2. The maximum Gasteiger partial charge on any atom is 0.416 e. The number of likely N-dealkylation sites (tertiary alicyclic amines) is 1. The number of halogens is 4. The molecule has 0 unspecified atom stereocenters. The van der Waals surface area contributed by atoms with E-state index in [4.69, 9.17) is 0 Å². The number of carbonyl (C=O) groups is 1. The molecule has 2 rings (SSSR count). The lowest BCUT2D eigenvalue weighted by Gasteiger charge is -2.46. The largest absolute Gasteiger partial charge is 0.416 e. The number of rotatable bonds is 3. The van der Waals surface area contributed by atoms with Gasteiger partial charge in [0.1, 0.15) is 0 Å². The molecule has 1 aliphatic heterocycles. The van der Waals surface area contributed by atoms with Crippen LogP contribution in [-0.2, 0) is 6.18 Å². The van der Waals surface area contributed by atoms with Crippen molar-refractivity contribution in [2.24, 2.45) is 0 Å². The van der Waals surface area contributed by atoms with Crippen LogP contribution in [0.5, 0.6) is 0 Å². The molecular weight excluding hydrogens is 351 g/mol. The number of hydrogen-bond donors (Lipinski definition) is 1. The summed E-state index contributed by atoms with van der Waals surface area (Å²) in [6.45, 7) is 2.23. The zero-order chi connectivity index (χ0) is 15.8. The zero-order valence-corrected chi connectivity index (χ0v) is 13.0. The van der Waals surface area contributed by atoms with Gasteiger partial charge in [0.05, 0.1) is 29.8 Å². The summed E-state index contributed by atoms with van der Waals surface area (Å²) < 4.78 is 38.4. The summed E-state index contributed by atoms with van der Waals surface area (Å²) in [5.41, 5.74) is -1.81. The van der Waals surface area contributed by atoms with E-state index in [2.05, 4.69) is 15.9 Å². The topological polar surface area (TPSA) is 40.5 Å². The van der Waals surface area contributed by atoms with E-state index in [0.29, 0.717) is 10.9 Å². The number of alkyl halides is 3. The average molecular weight is 366 g/mol. The quantitative estimate of drug-likeness (QED) is 0.890. The second kappa shape index (κ2) is 5.61. The first-order chi connectivity index (χ1) is 9.66. The van der Waals surface area contributed by atoms with E-state index in [0.717, 1.165) is 18.6 Å². The van der Waals surface area contributed by atoms with Crippen LogP contribution in [0.3, 0.4) is 0 Å². The maximum atomic E-state index is 12.7. The van der Waals surface area contributed by atoms with Crippen molar-refractivity contribution >= 4 is 21.8 Å². The van der Waals surface area contributed by atoms with Gasteiger partial charge in [-0.15, -0.1) is 0 Å². The predicted octanol–water partition coefficient (Wildman–Crippen LogP) is 3.45. The molecule has 116 valence electrons. The van der Waals surface area contributed by atoms with Gasteiger partial charge in [-0.3, -0.25) is 4.79 Å². The first-order valence-corrected chi connectivity index (χ1v) is 7.34. The number of nitrogens with zero attached hydrogens (tertiary/aromatic N) is 1. The highest BCUT2D eigenvalue weighted by molar-refractivity contribution is 9.10. The Labute approximate surface area is 128 Å². The van der Waals surface area contributed by atoms with E-state index in [1.54, 1.807) is 0 Å². The van der Waals surface area contributed by atoms with Gasteiger partial charge in [-0.2, -0.15) is 13.2 Å². The molecule has 1 amide bonds. The Kier molecular flexibility index (Phi) is 4.35. The fourth-order valence-corrected chi connectivity index (χ4v) is 2.88. The minimum atomic E-state index is -4.49. The van der Waals surface area contributed by atoms with E-state index in [9.17, 15) is 23.1 Å². The highest BCUT2D eigenvalue weighted by Crippen LogP contribution is 2.34. The van der Waals surface area contributed by atoms with E-state index >= 15 is 0 Å². The van der Waals surface area contributed by atoms with Gasteiger partial charge in [-0.25, -0.2) is 0 Å². The van der Waals surface area contributed by atoms with Crippen LogP contribution in [0.4, 0.5) is 13.2 Å². The van der Waals surface area contributed by atoms with Crippen LogP contribution in [0.2, 0.25) is 0 Å². The Morgan fingerprint density at radius 1 is 1.43 bits per heavy atom. The lowest BCUT2D eigenvalue weighted by atomic mass is 9.88. The highest BCUT2D eigenvalue weighted by atomic mass is 79.9. The summed E-state index contributed by atoms with van der Waals surface area (Å²) in [6, 6.07) is 2.97. The third kappa shape index (κ3) is 3.40. The summed E-state index contributed by atoms with van der Waals surface area (Å²) in [6.07, 6.45) is -3.14. The van der Waals surface area contributed by atoms with Crippen molar-refractivity contribution in [1.82, 2.24) is 4.90 Å². The molecule has 1 aromatic carbocycles. The lowest BCUT2D eigenvalue weighted by molar-refractivity contribution is -0.137. The fraction of sp³-hybridized carbons (Fsp3) is 0.500. The highest BCUT2D eigenvalue weighted by Gasteiger charge is 2.43. The number of aliphatic hydroxyl groups is 1. The Morgan fingerprint density at radius 3 is 2.57 bits per heavy atom. The van der Waals surface area contributed by atoms with Crippen LogP contribution in [0, 0.1) is 0 Å². The van der Waals surface area contributed by atoms with E-state index in [1.165, 1.54) is 11.0 Å². The zero-order valence-electron chi connectivity index (χ0n) is 11.4. The Morgan fingerprint density at radius 2 is 2.05 bits per heavy atom. The fourth-order valence-electron chi connectivity index (χ4n) is 2.47. The van der Waals surface area contributed by atoms with Crippen LogP contribution in [0.15, 0.2) is 22.7 Å². The predicted molar refractivity (Wildman–Crippen MR) is 74.9 cm³/mol. The molecule has 0 saturated carbocycles. The van der Waals surface area contributed by atoms with Gasteiger partial charge in [0.2, 0.25) is 0 Å². The molecule has 0 radical (unpaired) electrons. The second-order valence-electron chi connectivity index (χ2n) is 5.33. The summed E-state index contributed by atoms with van der Waals surface area (Å²) >= 11 is 3.10. The Bertz CT molecular complexity index is 554. The third-order valence-corrected chi connectivity index (χ3v) is 4.19. The van der Waals surface area contributed by atoms with E-state index in [-0.39, 0.29) is 18.7 Å². The Balaban J connectivity index is 2.18. The van der Waals surface area contributed by atoms with Crippen molar-refractivity contribution in [2.45, 2.75) is 31.5 Å². The van der Waals surface area contributed by atoms with Crippen molar-refractivity contribution in [3.8, 4) is 0 Å². The van der Waals surface area contributed by atoms with Crippen molar-refractivity contribution in [1.29, 1.82) is 0 Å². The van der Waals surface area contributed by atoms with Crippen molar-refractivity contribution in [3.05, 3.63) is 33.8 Å². The Hall–Kier alpha value is -1.08. The smallest absolute Gasteiger partial charge is 0.386 e. The van der Waals surface area contributed by atoms with Gasteiger partial charge in [-0.05, 0) is 40.5 Å². The SMILES string of the molecule is CCCC1(O)CN(C(=O)c2cc(C(F)(F)F)ccc2Br)C1. The molecule has 1 saturated heterocycles. The van der Waals surface area contributed by atoms with Gasteiger partial charge in [-0.1, -0.05) is 13.3 Å². The molecule has 1 aliphatic rings. The molecule has 7 heteroatoms. The molecule has 0 aromatic heterocycles. The van der Waals surface area contributed by atoms with E-state index in [1.807, 2.05) is 6.92 Å². The second-order valence-corrected chi connectivity index (χ2v) is 6.18. The summed E-state index contributed by atoms with van der Waals surface area (Å²) in [4.78, 5) is 13.6. The lowest BCUT2D eigenvalue weighted by Crippen LogP contribution is -2.63. The molecule has 21 heavy (non-hydrogen) atoms. The van der Waals surface area contributed by atoms with Gasteiger partial charge >= 0.3 is 6.18 Å². The van der Waals surface area contributed by atoms with Crippen LogP contribution in [-0.4, -0.2) is 34.6 Å². The molecule has 0 aliphatic carbocycles. The average Bonchev–Trinajstić information content (AvgIpc) is 2.34. The normalized spacial score (nSPS) is 17.5. The van der Waals surface area contributed by atoms with Gasteiger partial charge in [0.15, 0.2) is 0 Å². The van der Waals surface area contributed by atoms with Crippen molar-refractivity contribution in [2.75, 3.05) is 13.1 Å². The first-order valence-electron chi connectivity index (χ1n) is 6.55. The molecule has 1 fully saturated rings. The molecular formula is C14H15BrF3NO2. The molecule has 0 spiro atoms. The molecule has 0 bridgehead atoms. The minimum Gasteiger partial charge on any atom is -0.386 e. The molecule has 1 aromatic rings. The van der Waals surface area contributed by atoms with E-state index < -0.39 is 23.2 Å². The molecule has 1 heterocycles. The number of carbonyl (C=O) groups excluding carboxylic acids is 1. The number of β-amino-alcohol motifs (C(OH)–C–C–N with tert-alkyl or cyclic N) is 1. The van der Waals surface area contributed by atoms with Crippen LogP contribution >= 0.6 is 15.9 Å². The van der Waals surface area contributed by atoms with Crippen LogP contribution < -0.4 is 0 Å². The molecule has 0 atom stereocenters. The molecule has 3 nitrogen and oxygen atoms in total. The first kappa shape index (κ1) is 16.3. The van der Waals surface area contributed by atoms with Crippen molar-refractivity contribution in [3.63, 3.8) is 0 Å². The maximum absolute atomic E-state index is 12.7. The van der Waals surface area contributed by atoms with Gasteiger partial charge in [0, 0.05) is 4.47 Å². The third-order valence-electron chi connectivity index (χ3n) is 3.50. The van der Waals surface area contributed by atoms with Gasteiger partial charge in [0.25, 0.3) is 5.91 Å². The number of amides is 1. The minimum absolute atomic E-state index is 0.0385. The monoisotopic (exact) mass is 365 g/mol. The van der Waals surface area contributed by atoms with Crippen LogP contribution in [0.25, 0.3) is 0 Å². The van der Waals surface area contributed by atoms with Crippen LogP contribution in [0.1, 0.15) is 35.7 Å². The summed E-state index contributed by atoms with van der Waals surface area (Å²) in [7, 11) is 0. The molecule has 1 N–H and O–H groups in total. The van der Waals surface area contributed by atoms with Crippen molar-refractivity contribution < 1.29 is 23.1 Å².